The second-order valence-corrected chi connectivity index (χ2v) is 8.18. The summed E-state index contributed by atoms with van der Waals surface area (Å²) in [4.78, 5) is 36.9. The molecule has 0 saturated heterocycles. The number of carbonyl (C=O) groups excluding carboxylic acids is 2. The van der Waals surface area contributed by atoms with Gasteiger partial charge in [-0.3, -0.25) is 4.79 Å². The van der Waals surface area contributed by atoms with E-state index in [1.165, 1.54) is 17.7 Å². The fraction of sp³-hybridized carbons (Fsp3) is 0.286. The summed E-state index contributed by atoms with van der Waals surface area (Å²) in [6.45, 7) is 5.67. The van der Waals surface area contributed by atoms with Gasteiger partial charge in [0.25, 0.3) is 0 Å². The summed E-state index contributed by atoms with van der Waals surface area (Å²) in [5.41, 5.74) is 1.89. The van der Waals surface area contributed by atoms with E-state index in [0.717, 1.165) is 10.4 Å². The van der Waals surface area contributed by atoms with E-state index in [1.807, 2.05) is 37.3 Å². The van der Waals surface area contributed by atoms with Crippen LogP contribution in [0.5, 0.6) is 0 Å². The van der Waals surface area contributed by atoms with Crippen molar-refractivity contribution in [2.45, 2.75) is 26.8 Å². The molecule has 10 heteroatoms. The number of thiazole rings is 1. The van der Waals surface area contributed by atoms with Gasteiger partial charge < -0.3 is 15.0 Å². The van der Waals surface area contributed by atoms with Gasteiger partial charge in [-0.25, -0.2) is 14.5 Å². The number of hydrogen-bond acceptors (Lipinski definition) is 8. The smallest absolute Gasteiger partial charge is 0.338 e. The molecule has 1 atom stereocenters. The van der Waals surface area contributed by atoms with E-state index in [-0.39, 0.29) is 19.1 Å². The number of esters is 1. The molecule has 0 unspecified atom stereocenters. The average Bonchev–Trinajstić information content (AvgIpc) is 3.39. The van der Waals surface area contributed by atoms with Gasteiger partial charge in [-0.2, -0.15) is 10.1 Å². The molecule has 0 aliphatic carbocycles. The number of fused-ring (bicyclic) bond motifs is 1. The Morgan fingerprint density at radius 3 is 2.65 bits per heavy atom. The predicted octanol–water partition coefficient (Wildman–Crippen LogP) is 2.93. The highest BCUT2D eigenvalue weighted by molar-refractivity contribution is 7.15. The maximum absolute atomic E-state index is 13.0. The van der Waals surface area contributed by atoms with Crippen molar-refractivity contribution >= 4 is 34.3 Å². The van der Waals surface area contributed by atoms with Gasteiger partial charge in [0.1, 0.15) is 18.9 Å². The highest BCUT2D eigenvalue weighted by atomic mass is 32.1. The van der Waals surface area contributed by atoms with E-state index in [4.69, 9.17) is 4.74 Å². The molecule has 0 radical (unpaired) electrons. The summed E-state index contributed by atoms with van der Waals surface area (Å²) in [5.74, 6) is -0.245. The third-order valence-electron chi connectivity index (χ3n) is 4.89. The van der Waals surface area contributed by atoms with Crippen LogP contribution in [0.4, 0.5) is 11.1 Å². The van der Waals surface area contributed by atoms with E-state index in [9.17, 15) is 9.59 Å². The summed E-state index contributed by atoms with van der Waals surface area (Å²) in [6.07, 6.45) is 3.12. The van der Waals surface area contributed by atoms with Gasteiger partial charge in [-0.05, 0) is 26.3 Å². The first kappa shape index (κ1) is 20.7. The van der Waals surface area contributed by atoms with E-state index < -0.39 is 12.0 Å². The van der Waals surface area contributed by atoms with E-state index >= 15 is 0 Å². The Labute approximate surface area is 183 Å². The molecule has 0 spiro atoms. The van der Waals surface area contributed by atoms with Crippen LogP contribution in [0.3, 0.4) is 0 Å². The molecule has 9 nitrogen and oxygen atoms in total. The largest absolute Gasteiger partial charge is 0.463 e. The Morgan fingerprint density at radius 2 is 1.97 bits per heavy atom. The van der Waals surface area contributed by atoms with Crippen LogP contribution in [0.2, 0.25) is 0 Å². The summed E-state index contributed by atoms with van der Waals surface area (Å²) < 4.78 is 7.00. The van der Waals surface area contributed by atoms with Crippen LogP contribution < -0.4 is 10.2 Å². The summed E-state index contributed by atoms with van der Waals surface area (Å²) in [7, 11) is 0. The minimum Gasteiger partial charge on any atom is -0.463 e. The number of benzene rings is 1. The maximum atomic E-state index is 13.0. The Bertz CT molecular complexity index is 1140. The van der Waals surface area contributed by atoms with Crippen LogP contribution >= 0.6 is 11.3 Å². The van der Waals surface area contributed by atoms with Crippen molar-refractivity contribution in [3.05, 3.63) is 64.6 Å². The van der Waals surface area contributed by atoms with Crippen molar-refractivity contribution in [3.63, 3.8) is 0 Å². The Balaban J connectivity index is 1.73. The second kappa shape index (κ2) is 8.68. The lowest BCUT2D eigenvalue weighted by Crippen LogP contribution is -2.40. The number of nitrogens with zero attached hydrogens (tertiary/aromatic N) is 5. The standard InChI is InChI=1S/C21H22N6O3S/c1-4-30-19(29)17-14(3)26(11-16(28)25-20-22-10-13(2)31-20)21-23-12-24-27(21)18(17)15-8-6-5-7-9-15/h5-10,12,18H,4,11H2,1-3H3,(H,22,25,28)/t18-/m1/s1. The number of aryl methyl sites for hydroxylation is 1. The number of anilines is 2. The van der Waals surface area contributed by atoms with Gasteiger partial charge in [0.15, 0.2) is 5.13 Å². The Hall–Kier alpha value is -3.53. The monoisotopic (exact) mass is 438 g/mol. The van der Waals surface area contributed by atoms with Crippen LogP contribution in [-0.4, -0.2) is 44.8 Å². The van der Waals surface area contributed by atoms with Crippen molar-refractivity contribution < 1.29 is 14.3 Å². The van der Waals surface area contributed by atoms with Crippen molar-refractivity contribution in [1.29, 1.82) is 0 Å². The predicted molar refractivity (Wildman–Crippen MR) is 117 cm³/mol. The molecule has 31 heavy (non-hydrogen) atoms. The molecular formula is C21H22N6O3S. The molecule has 1 N–H and O–H groups in total. The van der Waals surface area contributed by atoms with Crippen LogP contribution in [0.15, 0.2) is 54.1 Å². The first-order valence-corrected chi connectivity index (χ1v) is 10.6. The molecule has 1 aromatic carbocycles. The zero-order valence-corrected chi connectivity index (χ0v) is 18.2. The van der Waals surface area contributed by atoms with Crippen molar-refractivity contribution in [1.82, 2.24) is 19.7 Å². The van der Waals surface area contributed by atoms with Crippen molar-refractivity contribution in [3.8, 4) is 0 Å². The highest BCUT2D eigenvalue weighted by Crippen LogP contribution is 2.38. The third kappa shape index (κ3) is 4.06. The first-order chi connectivity index (χ1) is 15.0. The third-order valence-corrected chi connectivity index (χ3v) is 5.72. The van der Waals surface area contributed by atoms with Gasteiger partial charge >= 0.3 is 5.97 Å². The highest BCUT2D eigenvalue weighted by Gasteiger charge is 2.38. The number of amides is 1. The summed E-state index contributed by atoms with van der Waals surface area (Å²) in [6, 6.07) is 9.07. The van der Waals surface area contributed by atoms with Gasteiger partial charge in [0.2, 0.25) is 11.9 Å². The molecule has 0 bridgehead atoms. The number of nitrogens with one attached hydrogen (secondary N) is 1. The molecule has 160 valence electrons. The lowest BCUT2D eigenvalue weighted by Gasteiger charge is -2.34. The fourth-order valence-corrected chi connectivity index (χ4v) is 4.23. The SMILES string of the molecule is CCOC(=O)C1=C(C)N(CC(=O)Nc2ncc(C)s2)c2ncnn2[C@@H]1c1ccccc1. The minimum absolute atomic E-state index is 0.0480. The molecule has 2 aromatic heterocycles. The zero-order valence-electron chi connectivity index (χ0n) is 17.4. The quantitative estimate of drug-likeness (QED) is 0.590. The number of ether oxygens (including phenoxy) is 1. The van der Waals surface area contributed by atoms with E-state index in [2.05, 4.69) is 20.4 Å². The molecule has 0 saturated carbocycles. The number of hydrogen-bond donors (Lipinski definition) is 1. The first-order valence-electron chi connectivity index (χ1n) is 9.81. The fourth-order valence-electron chi connectivity index (χ4n) is 3.55. The molecular weight excluding hydrogens is 416 g/mol. The summed E-state index contributed by atoms with van der Waals surface area (Å²) in [5, 5.41) is 7.69. The number of allylic oxidation sites excluding steroid dienone is 1. The lowest BCUT2D eigenvalue weighted by molar-refractivity contribution is -0.139. The van der Waals surface area contributed by atoms with Crippen LogP contribution in [0, 0.1) is 6.92 Å². The molecule has 1 aliphatic rings. The number of aromatic nitrogens is 4. The lowest BCUT2D eigenvalue weighted by atomic mass is 9.95. The van der Waals surface area contributed by atoms with Gasteiger partial charge in [-0.15, -0.1) is 11.3 Å². The molecule has 4 rings (SSSR count). The topological polar surface area (TPSA) is 102 Å². The Morgan fingerprint density at radius 1 is 1.19 bits per heavy atom. The van der Waals surface area contributed by atoms with Gasteiger partial charge in [0.05, 0.1) is 12.2 Å². The second-order valence-electron chi connectivity index (χ2n) is 6.95. The van der Waals surface area contributed by atoms with Crippen LogP contribution in [0.25, 0.3) is 0 Å². The maximum Gasteiger partial charge on any atom is 0.338 e. The van der Waals surface area contributed by atoms with E-state index in [1.54, 1.807) is 29.6 Å². The van der Waals surface area contributed by atoms with Gasteiger partial charge in [0, 0.05) is 16.8 Å². The minimum atomic E-state index is -0.501. The van der Waals surface area contributed by atoms with E-state index in [0.29, 0.717) is 22.4 Å². The zero-order chi connectivity index (χ0) is 22.0. The molecule has 1 aliphatic heterocycles. The van der Waals surface area contributed by atoms with Crippen LogP contribution in [0.1, 0.15) is 30.3 Å². The number of carbonyl (C=O) groups is 2. The van der Waals surface area contributed by atoms with Crippen LogP contribution in [-0.2, 0) is 14.3 Å². The van der Waals surface area contributed by atoms with Crippen molar-refractivity contribution in [2.75, 3.05) is 23.4 Å². The number of rotatable bonds is 6. The molecule has 0 fully saturated rings. The van der Waals surface area contributed by atoms with Crippen molar-refractivity contribution in [2.24, 2.45) is 0 Å². The summed E-state index contributed by atoms with van der Waals surface area (Å²) >= 11 is 1.39. The molecule has 3 heterocycles. The average molecular weight is 439 g/mol. The normalized spacial score (nSPS) is 15.6. The molecule has 3 aromatic rings. The van der Waals surface area contributed by atoms with Gasteiger partial charge in [-0.1, -0.05) is 30.3 Å². The molecule has 1 amide bonds. The Kier molecular flexibility index (Phi) is 5.81.